The molecule has 0 aliphatic heterocycles. The van der Waals surface area contributed by atoms with Crippen LogP contribution in [0.1, 0.15) is 53.8 Å². The SMILES string of the molecule is Cc1ccccc1[C@@H](C)OC(=O)Cc1c(C)noc1-c1ccc(-c2ccc(C3(C(=O)O)CC3)cc2)cc1. The first-order chi connectivity index (χ1) is 17.8. The Labute approximate surface area is 215 Å². The summed E-state index contributed by atoms with van der Waals surface area (Å²) < 4.78 is 11.3. The molecule has 0 spiro atoms. The summed E-state index contributed by atoms with van der Waals surface area (Å²) in [4.78, 5) is 24.4. The van der Waals surface area contributed by atoms with Gasteiger partial charge in [0, 0.05) is 11.1 Å². The molecule has 0 unspecified atom stereocenters. The normalized spacial score (nSPS) is 14.7. The predicted octanol–water partition coefficient (Wildman–Crippen LogP) is 6.59. The molecule has 6 nitrogen and oxygen atoms in total. The van der Waals surface area contributed by atoms with Gasteiger partial charge in [0.1, 0.15) is 6.10 Å². The summed E-state index contributed by atoms with van der Waals surface area (Å²) in [6.07, 6.45) is 1.09. The van der Waals surface area contributed by atoms with Gasteiger partial charge in [-0.3, -0.25) is 9.59 Å². The number of rotatable bonds is 8. The molecule has 0 bridgehead atoms. The maximum Gasteiger partial charge on any atom is 0.314 e. The number of hydrogen-bond acceptors (Lipinski definition) is 5. The molecule has 0 amide bonds. The first-order valence-corrected chi connectivity index (χ1v) is 12.4. The highest BCUT2D eigenvalue weighted by Gasteiger charge is 2.51. The van der Waals surface area contributed by atoms with Crippen LogP contribution in [-0.4, -0.2) is 22.2 Å². The lowest BCUT2D eigenvalue weighted by Crippen LogP contribution is -2.19. The Bertz CT molecular complexity index is 1450. The summed E-state index contributed by atoms with van der Waals surface area (Å²) in [6.45, 7) is 5.69. The third-order valence-corrected chi connectivity index (χ3v) is 7.32. The van der Waals surface area contributed by atoms with E-state index < -0.39 is 11.4 Å². The van der Waals surface area contributed by atoms with Gasteiger partial charge in [-0.25, -0.2) is 0 Å². The molecule has 1 N–H and O–H groups in total. The van der Waals surface area contributed by atoms with Gasteiger partial charge in [0.05, 0.1) is 17.5 Å². The van der Waals surface area contributed by atoms with Gasteiger partial charge in [-0.15, -0.1) is 0 Å². The molecule has 1 aliphatic rings. The Kier molecular flexibility index (Phi) is 6.42. The number of carboxylic acid groups (broad SMARTS) is 1. The van der Waals surface area contributed by atoms with Crippen molar-refractivity contribution in [1.82, 2.24) is 5.16 Å². The van der Waals surface area contributed by atoms with E-state index in [1.165, 1.54) is 0 Å². The van der Waals surface area contributed by atoms with Crippen molar-refractivity contribution in [1.29, 1.82) is 0 Å². The average Bonchev–Trinajstić information content (AvgIpc) is 3.64. The minimum absolute atomic E-state index is 0.0649. The maximum absolute atomic E-state index is 12.8. The molecule has 37 heavy (non-hydrogen) atoms. The number of nitrogens with zero attached hydrogens (tertiary/aromatic N) is 1. The van der Waals surface area contributed by atoms with Crippen molar-refractivity contribution in [3.8, 4) is 22.5 Å². The largest absolute Gasteiger partial charge is 0.481 e. The molecule has 1 atom stereocenters. The van der Waals surface area contributed by atoms with Crippen molar-refractivity contribution >= 4 is 11.9 Å². The van der Waals surface area contributed by atoms with Gasteiger partial charge in [-0.1, -0.05) is 78.0 Å². The fourth-order valence-corrected chi connectivity index (χ4v) is 4.86. The van der Waals surface area contributed by atoms with Gasteiger partial charge in [-0.05, 0) is 61.4 Å². The van der Waals surface area contributed by atoms with Crippen LogP contribution < -0.4 is 0 Å². The zero-order valence-corrected chi connectivity index (χ0v) is 21.2. The monoisotopic (exact) mass is 495 g/mol. The Balaban J connectivity index is 1.30. The summed E-state index contributed by atoms with van der Waals surface area (Å²) in [6, 6.07) is 23.4. The highest BCUT2D eigenvalue weighted by molar-refractivity contribution is 5.85. The second kappa shape index (κ2) is 9.69. The number of carbonyl (C=O) groups is 2. The fourth-order valence-electron chi connectivity index (χ4n) is 4.86. The molecular weight excluding hydrogens is 466 g/mol. The molecule has 0 radical (unpaired) electrons. The third-order valence-electron chi connectivity index (χ3n) is 7.32. The standard InChI is InChI=1S/C31H29NO5/c1-19-6-4-5-7-26(19)21(3)36-28(33)18-27-20(2)32-37-29(27)24-10-8-22(9-11-24)23-12-14-25(15-13-23)31(16-17-31)30(34)35/h4-15,21H,16-18H2,1-3H3,(H,34,35)/t21-/m1/s1. The molecule has 1 heterocycles. The number of aromatic nitrogens is 1. The van der Waals surface area contributed by atoms with Crippen molar-refractivity contribution in [2.24, 2.45) is 0 Å². The fraction of sp³-hybridized carbons (Fsp3) is 0.258. The quantitative estimate of drug-likeness (QED) is 0.277. The molecule has 1 aliphatic carbocycles. The second-order valence-corrected chi connectivity index (χ2v) is 9.78. The maximum atomic E-state index is 12.8. The lowest BCUT2D eigenvalue weighted by Gasteiger charge is -2.16. The molecular formula is C31H29NO5. The van der Waals surface area contributed by atoms with Crippen LogP contribution >= 0.6 is 0 Å². The van der Waals surface area contributed by atoms with Gasteiger partial charge >= 0.3 is 11.9 Å². The van der Waals surface area contributed by atoms with Crippen LogP contribution in [0.3, 0.4) is 0 Å². The lowest BCUT2D eigenvalue weighted by molar-refractivity contribution is -0.147. The van der Waals surface area contributed by atoms with E-state index in [2.05, 4.69) is 5.16 Å². The zero-order chi connectivity index (χ0) is 26.2. The van der Waals surface area contributed by atoms with E-state index in [9.17, 15) is 14.7 Å². The van der Waals surface area contributed by atoms with Gasteiger partial charge < -0.3 is 14.4 Å². The zero-order valence-electron chi connectivity index (χ0n) is 21.2. The average molecular weight is 496 g/mol. The molecule has 1 aromatic heterocycles. The number of esters is 1. The molecule has 5 rings (SSSR count). The van der Waals surface area contributed by atoms with Crippen LogP contribution in [0.2, 0.25) is 0 Å². The van der Waals surface area contributed by atoms with E-state index in [0.29, 0.717) is 29.9 Å². The Morgan fingerprint density at radius 3 is 2.14 bits per heavy atom. The van der Waals surface area contributed by atoms with Crippen LogP contribution in [-0.2, 0) is 26.2 Å². The topological polar surface area (TPSA) is 89.6 Å². The van der Waals surface area contributed by atoms with Gasteiger partial charge in [0.2, 0.25) is 0 Å². The van der Waals surface area contributed by atoms with Crippen molar-refractivity contribution < 1.29 is 24.0 Å². The van der Waals surface area contributed by atoms with Crippen LogP contribution in [0.25, 0.3) is 22.5 Å². The minimum Gasteiger partial charge on any atom is -0.481 e. The van der Waals surface area contributed by atoms with E-state index in [4.69, 9.17) is 9.26 Å². The van der Waals surface area contributed by atoms with E-state index in [-0.39, 0.29) is 18.5 Å². The van der Waals surface area contributed by atoms with E-state index in [1.807, 2.05) is 93.6 Å². The predicted molar refractivity (Wildman–Crippen MR) is 140 cm³/mol. The summed E-state index contributed by atoms with van der Waals surface area (Å²) in [7, 11) is 0. The highest BCUT2D eigenvalue weighted by atomic mass is 16.5. The van der Waals surface area contributed by atoms with Crippen LogP contribution in [0, 0.1) is 13.8 Å². The summed E-state index contributed by atoms with van der Waals surface area (Å²) in [5, 5.41) is 13.6. The minimum atomic E-state index is -0.753. The second-order valence-electron chi connectivity index (χ2n) is 9.78. The number of ether oxygens (including phenoxy) is 1. The lowest BCUT2D eigenvalue weighted by atomic mass is 9.93. The smallest absolute Gasteiger partial charge is 0.314 e. The number of hydrogen-bond donors (Lipinski definition) is 1. The Morgan fingerprint density at radius 2 is 1.54 bits per heavy atom. The van der Waals surface area contributed by atoms with Crippen molar-refractivity contribution in [2.75, 3.05) is 0 Å². The third kappa shape index (κ3) is 4.79. The number of aliphatic carboxylic acids is 1. The van der Waals surface area contributed by atoms with Crippen molar-refractivity contribution in [3.05, 3.63) is 101 Å². The first-order valence-electron chi connectivity index (χ1n) is 12.4. The summed E-state index contributed by atoms with van der Waals surface area (Å²) in [5.74, 6) is -0.539. The molecule has 0 saturated heterocycles. The summed E-state index contributed by atoms with van der Waals surface area (Å²) in [5.41, 5.74) is 6.39. The van der Waals surface area contributed by atoms with Crippen LogP contribution in [0.4, 0.5) is 0 Å². The first kappa shape index (κ1) is 24.5. The van der Waals surface area contributed by atoms with Crippen molar-refractivity contribution in [2.45, 2.75) is 51.6 Å². The summed E-state index contributed by atoms with van der Waals surface area (Å²) >= 11 is 0. The molecule has 4 aromatic rings. The van der Waals surface area contributed by atoms with Gasteiger partial charge in [0.25, 0.3) is 0 Å². The number of aryl methyl sites for hydroxylation is 2. The van der Waals surface area contributed by atoms with Crippen LogP contribution in [0.15, 0.2) is 77.3 Å². The van der Waals surface area contributed by atoms with E-state index in [0.717, 1.165) is 33.4 Å². The molecule has 188 valence electrons. The van der Waals surface area contributed by atoms with Gasteiger partial charge in [0.15, 0.2) is 5.76 Å². The van der Waals surface area contributed by atoms with Crippen LogP contribution in [0.5, 0.6) is 0 Å². The molecule has 6 heteroatoms. The number of benzene rings is 3. The Morgan fingerprint density at radius 1 is 0.946 bits per heavy atom. The molecule has 3 aromatic carbocycles. The molecule has 1 fully saturated rings. The number of carboxylic acids is 1. The van der Waals surface area contributed by atoms with E-state index >= 15 is 0 Å². The van der Waals surface area contributed by atoms with Crippen molar-refractivity contribution in [3.63, 3.8) is 0 Å². The Hall–Kier alpha value is -4.19. The number of carbonyl (C=O) groups excluding carboxylic acids is 1. The van der Waals surface area contributed by atoms with E-state index in [1.54, 1.807) is 0 Å². The molecule has 1 saturated carbocycles. The highest BCUT2D eigenvalue weighted by Crippen LogP contribution is 2.48. The van der Waals surface area contributed by atoms with Gasteiger partial charge in [-0.2, -0.15) is 0 Å².